The van der Waals surface area contributed by atoms with E-state index in [4.69, 9.17) is 12.5 Å². The zero-order valence-corrected chi connectivity index (χ0v) is 34.1. The number of hydrogen-bond donors (Lipinski definition) is 0. The van der Waals surface area contributed by atoms with Crippen LogP contribution in [0.15, 0.2) is 140 Å². The van der Waals surface area contributed by atoms with Crippen LogP contribution >= 0.6 is 0 Å². The number of pyridine rings is 2. The van der Waals surface area contributed by atoms with Crippen LogP contribution in [0.2, 0.25) is 0 Å². The number of aromatic nitrogens is 5. The Bertz CT molecular complexity index is 2950. The quantitative estimate of drug-likeness (QED) is 0.113. The second kappa shape index (κ2) is 15.0. The van der Waals surface area contributed by atoms with Crippen LogP contribution in [0.3, 0.4) is 0 Å². The molecule has 0 aliphatic rings. The molecule has 0 aliphatic heterocycles. The summed E-state index contributed by atoms with van der Waals surface area (Å²) in [6, 6.07) is 49.6. The average molecular weight is 913 g/mol. The summed E-state index contributed by atoms with van der Waals surface area (Å²) in [5, 5.41) is 2.14. The number of benzene rings is 5. The molecule has 0 radical (unpaired) electrons. The molecule has 0 bridgehead atoms. The molecule has 280 valence electrons. The van der Waals surface area contributed by atoms with Crippen LogP contribution in [-0.4, -0.2) is 19.1 Å². The SMILES string of the molecule is [2H]C([2H])(c1cccc(-[n+]2[c-]n(-c3[c-]c(Oc4[c-]c5c(cc4)c4cc(-c6ccccc6)ccc4n5-c4cc(C(C)(C)C)ccn4)ccn3)c3ccccc32)c1)C(C)C.[Pt]. The Morgan fingerprint density at radius 3 is 2.34 bits per heavy atom. The van der Waals surface area contributed by atoms with Crippen molar-refractivity contribution in [3.8, 4) is 39.9 Å². The number of imidazole rings is 1. The van der Waals surface area contributed by atoms with Crippen molar-refractivity contribution in [3.63, 3.8) is 0 Å². The van der Waals surface area contributed by atoms with Gasteiger partial charge in [-0.3, -0.25) is 14.1 Å². The molecule has 0 aliphatic carbocycles. The molecule has 0 N–H and O–H groups in total. The first-order chi connectivity index (χ1) is 27.5. The summed E-state index contributed by atoms with van der Waals surface area (Å²) < 4.78 is 29.9. The van der Waals surface area contributed by atoms with E-state index < -0.39 is 6.37 Å². The molecule has 9 rings (SSSR count). The van der Waals surface area contributed by atoms with Crippen molar-refractivity contribution >= 4 is 32.8 Å². The monoisotopic (exact) mass is 912 g/mol. The largest absolute Gasteiger partial charge is 0.522 e. The third kappa shape index (κ3) is 7.06. The van der Waals surface area contributed by atoms with E-state index in [1.807, 2.05) is 89.8 Å². The average Bonchev–Trinajstić information content (AvgIpc) is 3.77. The van der Waals surface area contributed by atoms with Crippen LogP contribution in [0.5, 0.6) is 11.5 Å². The molecular weight excluding hydrogens is 870 g/mol. The maximum Gasteiger partial charge on any atom is 0.269 e. The summed E-state index contributed by atoms with van der Waals surface area (Å²) in [5.41, 5.74) is 8.50. The van der Waals surface area contributed by atoms with Crippen molar-refractivity contribution in [2.45, 2.75) is 46.4 Å². The first-order valence-corrected chi connectivity index (χ1v) is 18.6. The standard InChI is InChI=1S/C49H41N5O.Pt/c1-33(2)26-34-12-11-15-38(27-34)52-32-53(45-17-10-9-16-44(45)52)47-31-40(23-25-50-47)55-39-19-20-41-42-28-36(35-13-7-6-8-14-35)18-21-43(42)54(46(41)30-39)48-29-37(22-24-51-48)49(3,4)5;/h6-25,27-29,33H,26H2,1-5H3;/q-2;/i26D2;. The summed E-state index contributed by atoms with van der Waals surface area (Å²) in [5.74, 6) is 2.14. The van der Waals surface area contributed by atoms with Gasteiger partial charge in [0.05, 0.1) is 22.5 Å². The molecule has 6 nitrogen and oxygen atoms in total. The van der Waals surface area contributed by atoms with E-state index in [0.717, 1.165) is 55.5 Å². The molecule has 0 saturated carbocycles. The number of ether oxygens (including phenoxy) is 1. The zero-order valence-electron chi connectivity index (χ0n) is 33.8. The minimum Gasteiger partial charge on any atom is -0.522 e. The predicted octanol–water partition coefficient (Wildman–Crippen LogP) is 11.1. The molecule has 0 fully saturated rings. The minimum absolute atomic E-state index is 0. The predicted molar refractivity (Wildman–Crippen MR) is 220 cm³/mol. The molecule has 4 aromatic heterocycles. The smallest absolute Gasteiger partial charge is 0.269 e. The maximum absolute atomic E-state index is 8.71. The molecule has 7 heteroatoms. The molecule has 56 heavy (non-hydrogen) atoms. The van der Waals surface area contributed by atoms with Gasteiger partial charge in [-0.05, 0) is 75.9 Å². The normalized spacial score (nSPS) is 12.5. The van der Waals surface area contributed by atoms with E-state index in [9.17, 15) is 0 Å². The van der Waals surface area contributed by atoms with E-state index in [1.54, 1.807) is 12.3 Å². The van der Waals surface area contributed by atoms with E-state index in [2.05, 4.69) is 109 Å². The minimum atomic E-state index is -1.48. The topological polar surface area (TPSA) is 48.8 Å². The van der Waals surface area contributed by atoms with Gasteiger partial charge in [-0.15, -0.1) is 17.5 Å². The third-order valence-corrected chi connectivity index (χ3v) is 9.81. The van der Waals surface area contributed by atoms with Crippen LogP contribution in [0.25, 0.3) is 61.3 Å². The van der Waals surface area contributed by atoms with Crippen molar-refractivity contribution in [2.75, 3.05) is 0 Å². The Kier molecular flexibility index (Phi) is 9.28. The summed E-state index contributed by atoms with van der Waals surface area (Å²) in [6.45, 7) is 10.4. The van der Waals surface area contributed by atoms with Crippen molar-refractivity contribution in [2.24, 2.45) is 5.92 Å². The van der Waals surface area contributed by atoms with Gasteiger partial charge in [-0.25, -0.2) is 4.98 Å². The Morgan fingerprint density at radius 1 is 0.732 bits per heavy atom. The van der Waals surface area contributed by atoms with Crippen molar-refractivity contribution in [3.05, 3.63) is 169 Å². The van der Waals surface area contributed by atoms with Gasteiger partial charge in [-0.2, -0.15) is 18.2 Å². The van der Waals surface area contributed by atoms with Crippen molar-refractivity contribution in [1.82, 2.24) is 19.1 Å². The third-order valence-electron chi connectivity index (χ3n) is 9.81. The fourth-order valence-corrected chi connectivity index (χ4v) is 7.17. The van der Waals surface area contributed by atoms with Gasteiger partial charge in [0.1, 0.15) is 5.82 Å². The Balaban J connectivity index is 0.00000469. The van der Waals surface area contributed by atoms with Crippen molar-refractivity contribution in [1.29, 1.82) is 0 Å². The number of nitrogens with zero attached hydrogens (tertiary/aromatic N) is 5. The summed E-state index contributed by atoms with van der Waals surface area (Å²) in [6.07, 6.45) is 5.56. The molecule has 0 saturated heterocycles. The Morgan fingerprint density at radius 2 is 1.52 bits per heavy atom. The fourth-order valence-electron chi connectivity index (χ4n) is 7.17. The Labute approximate surface area is 345 Å². The van der Waals surface area contributed by atoms with Gasteiger partial charge >= 0.3 is 0 Å². The first kappa shape index (κ1) is 34.6. The van der Waals surface area contributed by atoms with Gasteiger partial charge in [0, 0.05) is 41.3 Å². The number of hydrogen-bond acceptors (Lipinski definition) is 3. The van der Waals surface area contributed by atoms with Crippen LogP contribution in [0.4, 0.5) is 0 Å². The van der Waals surface area contributed by atoms with E-state index in [-0.39, 0.29) is 32.4 Å². The second-order valence-corrected chi connectivity index (χ2v) is 15.1. The number of rotatable bonds is 8. The van der Waals surface area contributed by atoms with Gasteiger partial charge in [-0.1, -0.05) is 131 Å². The van der Waals surface area contributed by atoms with E-state index in [0.29, 0.717) is 22.9 Å². The van der Waals surface area contributed by atoms with Crippen LogP contribution < -0.4 is 9.30 Å². The molecular formula is C49H41N5OPt-2. The van der Waals surface area contributed by atoms with Gasteiger partial charge in [0.25, 0.3) is 6.33 Å². The van der Waals surface area contributed by atoms with E-state index in [1.165, 1.54) is 5.56 Å². The van der Waals surface area contributed by atoms with Crippen LogP contribution in [0, 0.1) is 24.4 Å². The van der Waals surface area contributed by atoms with Gasteiger partial charge < -0.3 is 9.30 Å². The van der Waals surface area contributed by atoms with Crippen LogP contribution in [0.1, 0.15) is 48.5 Å². The summed E-state index contributed by atoms with van der Waals surface area (Å²) >= 11 is 0. The molecule has 0 amide bonds. The molecule has 0 spiro atoms. The van der Waals surface area contributed by atoms with E-state index >= 15 is 0 Å². The first-order valence-electron chi connectivity index (χ1n) is 19.6. The van der Waals surface area contributed by atoms with Crippen molar-refractivity contribution < 1.29 is 33.1 Å². The molecule has 9 aromatic rings. The zero-order chi connectivity index (χ0) is 39.5. The second-order valence-electron chi connectivity index (χ2n) is 15.1. The maximum atomic E-state index is 8.71. The van der Waals surface area contributed by atoms with Crippen LogP contribution in [-0.2, 0) is 32.9 Å². The molecule has 0 unspecified atom stereocenters. The summed E-state index contributed by atoms with van der Waals surface area (Å²) in [4.78, 5) is 9.55. The molecule has 0 atom stereocenters. The molecule has 5 aromatic carbocycles. The number of fused-ring (bicyclic) bond motifs is 4. The summed E-state index contributed by atoms with van der Waals surface area (Å²) in [7, 11) is 0. The molecule has 4 heterocycles. The fraction of sp³-hybridized carbons (Fsp3) is 0.163. The number of para-hydroxylation sites is 2. The Hall–Kier alpha value is -5.84. The van der Waals surface area contributed by atoms with Gasteiger partial charge in [0.2, 0.25) is 0 Å². The van der Waals surface area contributed by atoms with Gasteiger partial charge in [0.15, 0.2) is 0 Å².